The number of aldehydes is 1. The van der Waals surface area contributed by atoms with Gasteiger partial charge in [0.05, 0.1) is 12.6 Å². The molecule has 4 rings (SSSR count). The molecule has 1 N–H and O–H groups in total. The largest absolute Gasteiger partial charge is 0.342 e. The van der Waals surface area contributed by atoms with Crippen molar-refractivity contribution < 1.29 is 9.59 Å². The van der Waals surface area contributed by atoms with Gasteiger partial charge in [-0.3, -0.25) is 10.1 Å². The summed E-state index contributed by atoms with van der Waals surface area (Å²) in [6.45, 7) is 14.7. The number of piperazine rings is 1. The highest BCUT2D eigenvalue weighted by molar-refractivity contribution is 7.94. The van der Waals surface area contributed by atoms with Crippen LogP contribution >= 0.6 is 12.1 Å². The summed E-state index contributed by atoms with van der Waals surface area (Å²) in [5, 5.41) is 3.08. The van der Waals surface area contributed by atoms with E-state index in [1.165, 1.54) is 37.3 Å². The van der Waals surface area contributed by atoms with Crippen molar-refractivity contribution in [3.05, 3.63) is 84.4 Å². The third kappa shape index (κ3) is 11.2. The minimum atomic E-state index is -0.441. The summed E-state index contributed by atoms with van der Waals surface area (Å²) in [6, 6.07) is 17.7. The lowest BCUT2D eigenvalue weighted by molar-refractivity contribution is -0.131. The maximum atomic E-state index is 12.6. The molecule has 1 atom stereocenters. The van der Waals surface area contributed by atoms with Gasteiger partial charge in [-0.2, -0.15) is 0 Å². The molecule has 2 aromatic carbocycles. The number of nitrogens with one attached hydrogen (secondary N) is 1. The molecular weight excluding hydrogens is 518 g/mol. The number of benzene rings is 2. The summed E-state index contributed by atoms with van der Waals surface area (Å²) >= 11 is 1.82. The number of carbonyl (C=O) groups excluding carboxylic acids is 2. The number of aryl methyl sites for hydroxylation is 1. The van der Waals surface area contributed by atoms with E-state index in [0.717, 1.165) is 44.2 Å². The first kappa shape index (κ1) is 33.7. The number of hydrogen-bond donors (Lipinski definition) is 1. The van der Waals surface area contributed by atoms with Crippen LogP contribution in [0.4, 0.5) is 0 Å². The second-order valence-corrected chi connectivity index (χ2v) is 11.6. The standard InChI is InChI=1S/C23H28N2O2.C7H17N3S.C2H4/c1-2-18-8-6-7-11-21(18)19-12-14-25(15-13-19)23(27)16-24-22(17-26)20-9-4-3-5-10-20;1-8(2)11-10-6-4-9(3)5-7-10;1-2/h3-11,17,19,22,24H,2,12-16H2,1H3;4-7H2,1-3H3;1-2H2. The first-order valence-corrected chi connectivity index (χ1v) is 15.0. The van der Waals surface area contributed by atoms with Gasteiger partial charge < -0.3 is 14.6 Å². The fourth-order valence-electron chi connectivity index (χ4n) is 5.01. The van der Waals surface area contributed by atoms with Crippen LogP contribution in [-0.4, -0.2) is 97.6 Å². The van der Waals surface area contributed by atoms with Gasteiger partial charge in [-0.1, -0.05) is 61.5 Å². The van der Waals surface area contributed by atoms with Crippen LogP contribution in [0.2, 0.25) is 0 Å². The molecule has 1 unspecified atom stereocenters. The van der Waals surface area contributed by atoms with Crippen molar-refractivity contribution in [3.63, 3.8) is 0 Å². The number of carbonyl (C=O) groups is 2. The van der Waals surface area contributed by atoms with E-state index in [1.54, 1.807) is 0 Å². The van der Waals surface area contributed by atoms with E-state index >= 15 is 0 Å². The van der Waals surface area contributed by atoms with Crippen LogP contribution in [0.1, 0.15) is 48.4 Å². The second kappa shape index (κ2) is 18.8. The Kier molecular flexibility index (Phi) is 15.8. The summed E-state index contributed by atoms with van der Waals surface area (Å²) in [5.74, 6) is 0.602. The molecule has 0 aliphatic carbocycles. The monoisotopic (exact) mass is 567 g/mol. The lowest BCUT2D eigenvalue weighted by Crippen LogP contribution is -2.43. The van der Waals surface area contributed by atoms with Gasteiger partial charge in [-0.25, -0.2) is 8.61 Å². The topological polar surface area (TPSA) is 59.1 Å². The molecule has 2 saturated heterocycles. The summed E-state index contributed by atoms with van der Waals surface area (Å²) < 4.78 is 4.55. The lowest BCUT2D eigenvalue weighted by Gasteiger charge is -2.33. The quantitative estimate of drug-likeness (QED) is 0.269. The van der Waals surface area contributed by atoms with Crippen LogP contribution < -0.4 is 5.32 Å². The molecule has 2 aromatic rings. The molecule has 2 fully saturated rings. The molecule has 0 radical (unpaired) electrons. The van der Waals surface area contributed by atoms with Crippen molar-refractivity contribution in [2.24, 2.45) is 0 Å². The Morgan fingerprint density at radius 2 is 1.60 bits per heavy atom. The molecule has 220 valence electrons. The minimum Gasteiger partial charge on any atom is -0.342 e. The SMILES string of the molecule is C=C.CCc1ccccc1C1CCN(C(=O)CNC(C=O)c2ccccc2)CC1.CN1CCN(SN(C)C)CC1. The minimum absolute atomic E-state index is 0.0695. The van der Waals surface area contributed by atoms with Crippen molar-refractivity contribution in [2.45, 2.75) is 38.1 Å². The van der Waals surface area contributed by atoms with Crippen LogP contribution in [-0.2, 0) is 16.0 Å². The van der Waals surface area contributed by atoms with Crippen molar-refractivity contribution in [2.75, 3.05) is 67.0 Å². The second-order valence-electron chi connectivity index (χ2n) is 10.2. The average Bonchev–Trinajstić information content (AvgIpc) is 3.00. The summed E-state index contributed by atoms with van der Waals surface area (Å²) in [6.07, 6.45) is 3.90. The molecule has 0 spiro atoms. The number of amides is 1. The molecule has 2 aliphatic rings. The maximum absolute atomic E-state index is 12.6. The van der Waals surface area contributed by atoms with Gasteiger partial charge in [-0.05, 0) is 63.0 Å². The Bertz CT molecular complexity index is 990. The fourth-order valence-corrected chi connectivity index (χ4v) is 5.80. The zero-order valence-corrected chi connectivity index (χ0v) is 25.7. The molecule has 8 heteroatoms. The highest BCUT2D eigenvalue weighted by Gasteiger charge is 2.25. The smallest absolute Gasteiger partial charge is 0.236 e. The average molecular weight is 568 g/mol. The van der Waals surface area contributed by atoms with E-state index in [1.807, 2.05) is 47.4 Å². The van der Waals surface area contributed by atoms with E-state index in [-0.39, 0.29) is 12.5 Å². The fraction of sp³-hybridized carbons (Fsp3) is 0.500. The normalized spacial score (nSPS) is 17.3. The Hall–Kier alpha value is -2.49. The van der Waals surface area contributed by atoms with Crippen molar-refractivity contribution >= 4 is 24.3 Å². The van der Waals surface area contributed by atoms with E-state index in [2.05, 4.69) is 84.3 Å². The van der Waals surface area contributed by atoms with Gasteiger partial charge in [0.25, 0.3) is 0 Å². The van der Waals surface area contributed by atoms with Gasteiger partial charge in [0.15, 0.2) is 0 Å². The molecule has 1 amide bonds. The van der Waals surface area contributed by atoms with Gasteiger partial charge in [0.2, 0.25) is 5.91 Å². The predicted octanol–water partition coefficient (Wildman–Crippen LogP) is 4.65. The summed E-state index contributed by atoms with van der Waals surface area (Å²) in [5.41, 5.74) is 3.74. The molecule has 0 aromatic heterocycles. The molecule has 2 heterocycles. The van der Waals surface area contributed by atoms with Crippen molar-refractivity contribution in [1.29, 1.82) is 0 Å². The number of likely N-dealkylation sites (tertiary alicyclic amines) is 1. The molecule has 2 aliphatic heterocycles. The third-order valence-electron chi connectivity index (χ3n) is 7.23. The highest BCUT2D eigenvalue weighted by atomic mass is 32.2. The molecule has 0 saturated carbocycles. The van der Waals surface area contributed by atoms with Gasteiger partial charge in [0, 0.05) is 51.4 Å². The Morgan fingerprint density at radius 3 is 2.17 bits per heavy atom. The van der Waals surface area contributed by atoms with Crippen LogP contribution in [0.3, 0.4) is 0 Å². The van der Waals surface area contributed by atoms with E-state index < -0.39 is 6.04 Å². The van der Waals surface area contributed by atoms with E-state index in [9.17, 15) is 9.59 Å². The molecule has 0 bridgehead atoms. The summed E-state index contributed by atoms with van der Waals surface area (Å²) in [7, 11) is 6.35. The van der Waals surface area contributed by atoms with Crippen LogP contribution in [0, 0.1) is 0 Å². The Morgan fingerprint density at radius 1 is 1.00 bits per heavy atom. The highest BCUT2D eigenvalue weighted by Crippen LogP contribution is 2.30. The number of piperidine rings is 1. The summed E-state index contributed by atoms with van der Waals surface area (Å²) in [4.78, 5) is 28.2. The third-order valence-corrected chi connectivity index (χ3v) is 8.16. The predicted molar refractivity (Wildman–Crippen MR) is 169 cm³/mol. The lowest BCUT2D eigenvalue weighted by atomic mass is 9.86. The number of rotatable bonds is 9. The molecular formula is C32H49N5O2S. The molecule has 40 heavy (non-hydrogen) atoms. The maximum Gasteiger partial charge on any atom is 0.236 e. The first-order chi connectivity index (χ1) is 19.4. The zero-order valence-electron chi connectivity index (χ0n) is 24.9. The number of hydrogen-bond acceptors (Lipinski definition) is 7. The van der Waals surface area contributed by atoms with Crippen molar-refractivity contribution in [1.82, 2.24) is 23.7 Å². The molecule has 7 nitrogen and oxygen atoms in total. The number of likely N-dealkylation sites (N-methyl/N-ethyl adjacent to an activating group) is 1. The van der Waals surface area contributed by atoms with E-state index in [4.69, 9.17) is 0 Å². The first-order valence-electron chi connectivity index (χ1n) is 14.3. The van der Waals surface area contributed by atoms with Gasteiger partial charge in [-0.15, -0.1) is 13.2 Å². The zero-order chi connectivity index (χ0) is 29.3. The van der Waals surface area contributed by atoms with Crippen LogP contribution in [0.5, 0.6) is 0 Å². The van der Waals surface area contributed by atoms with E-state index in [0.29, 0.717) is 5.92 Å². The van der Waals surface area contributed by atoms with Crippen molar-refractivity contribution in [3.8, 4) is 0 Å². The van der Waals surface area contributed by atoms with Crippen LogP contribution in [0.15, 0.2) is 67.8 Å². The Balaban J connectivity index is 0.000000360. The number of nitrogens with zero attached hydrogens (tertiary/aromatic N) is 4. The van der Waals surface area contributed by atoms with Gasteiger partial charge >= 0.3 is 0 Å². The Labute approximate surface area is 246 Å². The van der Waals surface area contributed by atoms with Crippen LogP contribution in [0.25, 0.3) is 0 Å². The van der Waals surface area contributed by atoms with Gasteiger partial charge in [0.1, 0.15) is 6.29 Å².